The zero-order chi connectivity index (χ0) is 22.2. The molecule has 0 fully saturated rings. The van der Waals surface area contributed by atoms with Gasteiger partial charge in [0.25, 0.3) is 10.0 Å². The van der Waals surface area contributed by atoms with Gasteiger partial charge in [-0.15, -0.1) is 11.3 Å². The lowest BCUT2D eigenvalue weighted by molar-refractivity contribution is 0.375. The third kappa shape index (κ3) is 4.51. The van der Waals surface area contributed by atoms with E-state index in [2.05, 4.69) is 9.82 Å². The summed E-state index contributed by atoms with van der Waals surface area (Å²) in [6.45, 7) is 1.76. The fourth-order valence-electron chi connectivity index (χ4n) is 3.50. The van der Waals surface area contributed by atoms with Gasteiger partial charge in [-0.1, -0.05) is 36.4 Å². The molecule has 0 spiro atoms. The van der Waals surface area contributed by atoms with Crippen LogP contribution in [0.2, 0.25) is 0 Å². The summed E-state index contributed by atoms with van der Waals surface area (Å²) in [6.07, 6.45) is 1.46. The van der Waals surface area contributed by atoms with Crippen LogP contribution in [0, 0.1) is 6.92 Å². The van der Waals surface area contributed by atoms with Gasteiger partial charge in [0.2, 0.25) is 10.0 Å². The number of nitrogens with one attached hydrogen (secondary N) is 1. The Morgan fingerprint density at radius 3 is 2.48 bits per heavy atom. The smallest absolute Gasteiger partial charge is 0.279 e. The van der Waals surface area contributed by atoms with Crippen LogP contribution in [-0.4, -0.2) is 33.2 Å². The summed E-state index contributed by atoms with van der Waals surface area (Å²) in [5.74, 6) is 0. The fraction of sp³-hybridized carbons (Fsp3) is 0.190. The van der Waals surface area contributed by atoms with Gasteiger partial charge in [0.05, 0.1) is 16.9 Å². The van der Waals surface area contributed by atoms with Gasteiger partial charge in [-0.05, 0) is 47.7 Å². The first kappa shape index (κ1) is 21.5. The predicted molar refractivity (Wildman–Crippen MR) is 123 cm³/mol. The van der Waals surface area contributed by atoms with Crippen molar-refractivity contribution in [3.63, 3.8) is 0 Å². The summed E-state index contributed by atoms with van der Waals surface area (Å²) in [7, 11) is -7.32. The van der Waals surface area contributed by atoms with Crippen LogP contribution >= 0.6 is 11.3 Å². The molecule has 2 aromatic carbocycles. The standard InChI is InChI=1S/C21H21N3O4S3/c1-15-7-3-4-11-21(15)31(27,28)24-19(20-10-6-12-29-20)14-18(22-24)16-8-5-9-17(13-16)23-30(2,25)26/h3-13,19,23H,14H2,1-2H3/t19-/m0/s1. The molecule has 162 valence electrons. The summed E-state index contributed by atoms with van der Waals surface area (Å²) < 4.78 is 53.9. The van der Waals surface area contributed by atoms with Crippen LogP contribution in [0.5, 0.6) is 0 Å². The van der Waals surface area contributed by atoms with E-state index < -0.39 is 26.1 Å². The molecule has 10 heteroatoms. The summed E-state index contributed by atoms with van der Waals surface area (Å²) in [5, 5.41) is 6.42. The van der Waals surface area contributed by atoms with E-state index in [1.807, 2.05) is 17.5 Å². The molecule has 7 nitrogen and oxygen atoms in total. The number of rotatable bonds is 6. The van der Waals surface area contributed by atoms with Crippen LogP contribution in [0.3, 0.4) is 0 Å². The Balaban J connectivity index is 1.78. The van der Waals surface area contributed by atoms with Crippen molar-refractivity contribution in [2.75, 3.05) is 11.0 Å². The minimum absolute atomic E-state index is 0.217. The molecular formula is C21H21N3O4S3. The van der Waals surface area contributed by atoms with Crippen molar-refractivity contribution < 1.29 is 16.8 Å². The van der Waals surface area contributed by atoms with E-state index in [1.54, 1.807) is 55.5 Å². The van der Waals surface area contributed by atoms with Crippen molar-refractivity contribution in [1.29, 1.82) is 0 Å². The lowest BCUT2D eigenvalue weighted by Gasteiger charge is -2.23. The van der Waals surface area contributed by atoms with E-state index in [1.165, 1.54) is 15.8 Å². The Labute approximate surface area is 186 Å². The van der Waals surface area contributed by atoms with Gasteiger partial charge in [0.15, 0.2) is 0 Å². The average molecular weight is 476 g/mol. The summed E-state index contributed by atoms with van der Waals surface area (Å²) >= 11 is 1.48. The number of benzene rings is 2. The topological polar surface area (TPSA) is 95.9 Å². The number of hydrogen-bond acceptors (Lipinski definition) is 6. The van der Waals surface area contributed by atoms with Crippen molar-refractivity contribution >= 4 is 42.8 Å². The van der Waals surface area contributed by atoms with Crippen LogP contribution in [0.1, 0.15) is 28.5 Å². The number of nitrogens with zero attached hydrogens (tertiary/aromatic N) is 2. The first-order valence-electron chi connectivity index (χ1n) is 9.44. The quantitative estimate of drug-likeness (QED) is 0.584. The Morgan fingerprint density at radius 1 is 1.03 bits per heavy atom. The zero-order valence-electron chi connectivity index (χ0n) is 16.9. The Bertz CT molecular complexity index is 1350. The highest BCUT2D eigenvalue weighted by molar-refractivity contribution is 7.92. The third-order valence-electron chi connectivity index (χ3n) is 4.86. The van der Waals surface area contributed by atoms with E-state index in [9.17, 15) is 16.8 Å². The highest BCUT2D eigenvalue weighted by Gasteiger charge is 2.38. The molecule has 0 amide bonds. The number of thiophene rings is 1. The molecule has 31 heavy (non-hydrogen) atoms. The maximum atomic E-state index is 13.5. The second kappa shape index (κ2) is 8.10. The Kier molecular flexibility index (Phi) is 5.63. The SMILES string of the molecule is Cc1ccccc1S(=O)(=O)N1N=C(c2cccc(NS(C)(=O)=O)c2)C[C@H]1c1cccs1. The molecule has 1 aromatic heterocycles. The van der Waals surface area contributed by atoms with Crippen molar-refractivity contribution in [3.8, 4) is 0 Å². The Hall–Kier alpha value is -2.69. The van der Waals surface area contributed by atoms with Gasteiger partial charge < -0.3 is 0 Å². The first-order chi connectivity index (χ1) is 14.6. The molecule has 1 atom stereocenters. The number of sulfonamides is 2. The highest BCUT2D eigenvalue weighted by atomic mass is 32.2. The molecular weight excluding hydrogens is 454 g/mol. The van der Waals surface area contributed by atoms with Gasteiger partial charge in [-0.25, -0.2) is 8.42 Å². The van der Waals surface area contributed by atoms with Gasteiger partial charge >= 0.3 is 0 Å². The van der Waals surface area contributed by atoms with Crippen molar-refractivity contribution in [2.45, 2.75) is 24.3 Å². The third-order valence-corrected chi connectivity index (χ3v) is 8.28. The molecule has 1 aliphatic rings. The number of aryl methyl sites for hydroxylation is 1. The van der Waals surface area contributed by atoms with Gasteiger partial charge in [0, 0.05) is 17.0 Å². The second-order valence-electron chi connectivity index (χ2n) is 7.28. The zero-order valence-corrected chi connectivity index (χ0v) is 19.3. The maximum absolute atomic E-state index is 13.5. The molecule has 0 aliphatic carbocycles. The van der Waals surface area contributed by atoms with E-state index in [0.29, 0.717) is 28.9 Å². The Morgan fingerprint density at radius 2 is 1.81 bits per heavy atom. The molecule has 1 aliphatic heterocycles. The van der Waals surface area contributed by atoms with Crippen LogP contribution < -0.4 is 4.72 Å². The molecule has 0 saturated heterocycles. The van der Waals surface area contributed by atoms with E-state index in [-0.39, 0.29) is 4.90 Å². The second-order valence-corrected chi connectivity index (χ2v) is 11.8. The average Bonchev–Trinajstić information content (AvgIpc) is 3.37. The van der Waals surface area contributed by atoms with E-state index >= 15 is 0 Å². The number of hydrogen-bond donors (Lipinski definition) is 1. The molecule has 0 radical (unpaired) electrons. The van der Waals surface area contributed by atoms with Crippen molar-refractivity contribution in [1.82, 2.24) is 4.41 Å². The fourth-order valence-corrected chi connectivity index (χ4v) is 6.59. The highest BCUT2D eigenvalue weighted by Crippen LogP contribution is 2.39. The number of hydrazone groups is 1. The van der Waals surface area contributed by atoms with Crippen LogP contribution in [0.25, 0.3) is 0 Å². The first-order valence-corrected chi connectivity index (χ1v) is 13.7. The maximum Gasteiger partial charge on any atom is 0.279 e. The minimum Gasteiger partial charge on any atom is -0.284 e. The minimum atomic E-state index is -3.88. The van der Waals surface area contributed by atoms with Crippen LogP contribution in [-0.2, 0) is 20.0 Å². The van der Waals surface area contributed by atoms with Crippen LogP contribution in [0.4, 0.5) is 5.69 Å². The lowest BCUT2D eigenvalue weighted by Crippen LogP contribution is -2.27. The molecule has 1 N–H and O–H groups in total. The summed E-state index contributed by atoms with van der Waals surface area (Å²) in [6, 6.07) is 17.0. The van der Waals surface area contributed by atoms with E-state index in [0.717, 1.165) is 11.1 Å². The van der Waals surface area contributed by atoms with Crippen LogP contribution in [0.15, 0.2) is 76.0 Å². The van der Waals surface area contributed by atoms with Crippen molar-refractivity contribution in [3.05, 3.63) is 82.0 Å². The molecule has 0 bridgehead atoms. The lowest BCUT2D eigenvalue weighted by atomic mass is 10.0. The van der Waals surface area contributed by atoms with Gasteiger partial charge in [-0.3, -0.25) is 4.72 Å². The molecule has 3 aromatic rings. The molecule has 0 saturated carbocycles. The van der Waals surface area contributed by atoms with Gasteiger partial charge in [0.1, 0.15) is 6.04 Å². The monoisotopic (exact) mass is 475 g/mol. The molecule has 4 rings (SSSR count). The van der Waals surface area contributed by atoms with E-state index in [4.69, 9.17) is 0 Å². The normalized spacial score (nSPS) is 16.9. The van der Waals surface area contributed by atoms with Crippen molar-refractivity contribution in [2.24, 2.45) is 5.10 Å². The summed E-state index contributed by atoms with van der Waals surface area (Å²) in [5.41, 5.74) is 2.29. The summed E-state index contributed by atoms with van der Waals surface area (Å²) in [4.78, 5) is 1.11. The molecule has 0 unspecified atom stereocenters. The molecule has 2 heterocycles. The largest absolute Gasteiger partial charge is 0.284 e. The predicted octanol–water partition coefficient (Wildman–Crippen LogP) is 3.97. The number of anilines is 1. The van der Waals surface area contributed by atoms with Gasteiger partial charge in [-0.2, -0.15) is 17.9 Å².